The Hall–Kier alpha value is -1.73. The highest BCUT2D eigenvalue weighted by Crippen LogP contribution is 2.24. The summed E-state index contributed by atoms with van der Waals surface area (Å²) in [6.07, 6.45) is 3.08. The maximum Gasteiger partial charge on any atom is 0.262 e. The highest BCUT2D eigenvalue weighted by Gasteiger charge is 2.16. The van der Waals surface area contributed by atoms with Crippen LogP contribution in [0.3, 0.4) is 0 Å². The van der Waals surface area contributed by atoms with Gasteiger partial charge in [-0.2, -0.15) is 5.10 Å². The van der Waals surface area contributed by atoms with E-state index >= 15 is 0 Å². The number of nitrogens with two attached hydrogens (primary N) is 1. The standard InChI is InChI=1S/C12H15ClN4O2S/c1-8(2)17-7-9(6-15-17)16-20(18,19)10-3-4-11(13)12(14)5-10/h3-8,16H,14H2,1-2H3. The SMILES string of the molecule is CC(C)n1cc(NS(=O)(=O)c2ccc(Cl)c(N)c2)cn1. The van der Waals surface area contributed by atoms with Crippen molar-refractivity contribution in [3.05, 3.63) is 35.6 Å². The van der Waals surface area contributed by atoms with E-state index in [1.165, 1.54) is 24.4 Å². The molecule has 108 valence electrons. The Bertz CT molecular complexity index is 725. The lowest BCUT2D eigenvalue weighted by molar-refractivity contribution is 0.532. The summed E-state index contributed by atoms with van der Waals surface area (Å²) >= 11 is 5.78. The van der Waals surface area contributed by atoms with E-state index < -0.39 is 10.0 Å². The molecule has 0 saturated heterocycles. The van der Waals surface area contributed by atoms with Gasteiger partial charge in [-0.25, -0.2) is 8.42 Å². The maximum atomic E-state index is 12.2. The Balaban J connectivity index is 2.28. The number of nitrogens with one attached hydrogen (secondary N) is 1. The third-order valence-corrected chi connectivity index (χ3v) is 4.38. The molecule has 0 aliphatic carbocycles. The van der Waals surface area contributed by atoms with Crippen LogP contribution in [0, 0.1) is 0 Å². The topological polar surface area (TPSA) is 90.0 Å². The molecular formula is C12H15ClN4O2S. The van der Waals surface area contributed by atoms with E-state index in [1.54, 1.807) is 10.9 Å². The van der Waals surface area contributed by atoms with E-state index in [-0.39, 0.29) is 16.6 Å². The summed E-state index contributed by atoms with van der Waals surface area (Å²) in [5, 5.41) is 4.39. The fraction of sp³-hybridized carbons (Fsp3) is 0.250. The lowest BCUT2D eigenvalue weighted by Gasteiger charge is -2.07. The molecule has 0 aliphatic rings. The van der Waals surface area contributed by atoms with E-state index in [1.807, 2.05) is 13.8 Å². The molecule has 1 heterocycles. The van der Waals surface area contributed by atoms with Crippen LogP contribution in [-0.4, -0.2) is 18.2 Å². The molecule has 0 saturated carbocycles. The number of nitrogens with zero attached hydrogens (tertiary/aromatic N) is 2. The minimum atomic E-state index is -3.71. The smallest absolute Gasteiger partial charge is 0.262 e. The van der Waals surface area contributed by atoms with Crippen LogP contribution in [-0.2, 0) is 10.0 Å². The van der Waals surface area contributed by atoms with Crippen molar-refractivity contribution in [2.24, 2.45) is 0 Å². The van der Waals surface area contributed by atoms with E-state index in [2.05, 4.69) is 9.82 Å². The third-order valence-electron chi connectivity index (χ3n) is 2.66. The van der Waals surface area contributed by atoms with Crippen molar-refractivity contribution >= 4 is 33.0 Å². The van der Waals surface area contributed by atoms with Crippen molar-refractivity contribution in [1.82, 2.24) is 9.78 Å². The van der Waals surface area contributed by atoms with E-state index in [4.69, 9.17) is 17.3 Å². The van der Waals surface area contributed by atoms with Gasteiger partial charge < -0.3 is 5.73 Å². The second kappa shape index (κ2) is 5.34. The fourth-order valence-electron chi connectivity index (χ4n) is 1.58. The van der Waals surface area contributed by atoms with Crippen LogP contribution in [0.4, 0.5) is 11.4 Å². The Morgan fingerprint density at radius 2 is 2.10 bits per heavy atom. The molecule has 0 atom stereocenters. The zero-order chi connectivity index (χ0) is 14.9. The first-order valence-corrected chi connectivity index (χ1v) is 7.78. The van der Waals surface area contributed by atoms with Gasteiger partial charge in [0.2, 0.25) is 0 Å². The summed E-state index contributed by atoms with van der Waals surface area (Å²) in [6.45, 7) is 3.90. The van der Waals surface area contributed by atoms with E-state index in [0.717, 1.165) is 0 Å². The van der Waals surface area contributed by atoms with Gasteiger partial charge >= 0.3 is 0 Å². The van der Waals surface area contributed by atoms with Gasteiger partial charge in [0.15, 0.2) is 0 Å². The Labute approximate surface area is 122 Å². The summed E-state index contributed by atoms with van der Waals surface area (Å²) in [6, 6.07) is 4.31. The van der Waals surface area contributed by atoms with E-state index in [0.29, 0.717) is 10.7 Å². The number of anilines is 2. The number of nitrogen functional groups attached to an aromatic ring is 1. The Morgan fingerprint density at radius 3 is 2.65 bits per heavy atom. The molecule has 1 aromatic carbocycles. The highest BCUT2D eigenvalue weighted by molar-refractivity contribution is 7.92. The van der Waals surface area contributed by atoms with Gasteiger partial charge in [-0.3, -0.25) is 9.40 Å². The number of rotatable bonds is 4. The van der Waals surface area contributed by atoms with Crippen molar-refractivity contribution < 1.29 is 8.42 Å². The van der Waals surface area contributed by atoms with Crippen LogP contribution >= 0.6 is 11.6 Å². The van der Waals surface area contributed by atoms with Crippen LogP contribution in [0.15, 0.2) is 35.5 Å². The van der Waals surface area contributed by atoms with Gasteiger partial charge in [-0.05, 0) is 32.0 Å². The van der Waals surface area contributed by atoms with Crippen molar-refractivity contribution in [2.45, 2.75) is 24.8 Å². The highest BCUT2D eigenvalue weighted by atomic mass is 35.5. The van der Waals surface area contributed by atoms with Crippen molar-refractivity contribution in [3.8, 4) is 0 Å². The number of sulfonamides is 1. The zero-order valence-electron chi connectivity index (χ0n) is 11.0. The van der Waals surface area contributed by atoms with Gasteiger partial charge in [0.1, 0.15) is 0 Å². The van der Waals surface area contributed by atoms with Crippen LogP contribution in [0.2, 0.25) is 5.02 Å². The number of aromatic nitrogens is 2. The molecule has 0 radical (unpaired) electrons. The van der Waals surface area contributed by atoms with E-state index in [9.17, 15) is 8.42 Å². The fourth-order valence-corrected chi connectivity index (χ4v) is 2.76. The third kappa shape index (κ3) is 3.05. The first kappa shape index (κ1) is 14.7. The molecule has 2 aromatic rings. The molecule has 0 fully saturated rings. The lowest BCUT2D eigenvalue weighted by atomic mass is 10.3. The van der Waals surface area contributed by atoms with Gasteiger partial charge in [0, 0.05) is 12.2 Å². The largest absolute Gasteiger partial charge is 0.397 e. The monoisotopic (exact) mass is 314 g/mol. The number of benzene rings is 1. The van der Waals surface area contributed by atoms with Crippen LogP contribution in [0.25, 0.3) is 0 Å². The first-order chi connectivity index (χ1) is 9.29. The van der Waals surface area contributed by atoms with Gasteiger partial charge in [0.25, 0.3) is 10.0 Å². The van der Waals surface area contributed by atoms with Gasteiger partial charge in [-0.15, -0.1) is 0 Å². The maximum absolute atomic E-state index is 12.2. The van der Waals surface area contributed by atoms with Gasteiger partial charge in [0.05, 0.1) is 27.5 Å². The second-order valence-corrected chi connectivity index (χ2v) is 6.68. The lowest BCUT2D eigenvalue weighted by Crippen LogP contribution is -2.13. The quantitative estimate of drug-likeness (QED) is 0.848. The molecule has 0 amide bonds. The van der Waals surface area contributed by atoms with Crippen molar-refractivity contribution in [3.63, 3.8) is 0 Å². The number of hydrogen-bond donors (Lipinski definition) is 2. The Kier molecular flexibility index (Phi) is 3.92. The minimum absolute atomic E-state index is 0.0525. The molecule has 3 N–H and O–H groups in total. The van der Waals surface area contributed by atoms with Crippen molar-refractivity contribution in [1.29, 1.82) is 0 Å². The van der Waals surface area contributed by atoms with Crippen LogP contribution in [0.5, 0.6) is 0 Å². The summed E-state index contributed by atoms with van der Waals surface area (Å²) in [5.41, 5.74) is 6.22. The molecular weight excluding hydrogens is 300 g/mol. The molecule has 0 unspecified atom stereocenters. The summed E-state index contributed by atoms with van der Waals surface area (Å²) < 4.78 is 28.5. The molecule has 8 heteroatoms. The molecule has 1 aromatic heterocycles. The predicted molar refractivity (Wildman–Crippen MR) is 79.3 cm³/mol. The second-order valence-electron chi connectivity index (χ2n) is 4.59. The molecule has 0 spiro atoms. The predicted octanol–water partition coefficient (Wildman–Crippen LogP) is 2.50. The molecule has 20 heavy (non-hydrogen) atoms. The summed E-state index contributed by atoms with van der Waals surface area (Å²) in [4.78, 5) is 0.0525. The first-order valence-electron chi connectivity index (χ1n) is 5.91. The Morgan fingerprint density at radius 1 is 1.40 bits per heavy atom. The molecule has 6 nitrogen and oxygen atoms in total. The van der Waals surface area contributed by atoms with Crippen LogP contribution in [0.1, 0.15) is 19.9 Å². The number of hydrogen-bond acceptors (Lipinski definition) is 4. The average Bonchev–Trinajstić information content (AvgIpc) is 2.80. The average molecular weight is 315 g/mol. The van der Waals surface area contributed by atoms with Gasteiger partial charge in [-0.1, -0.05) is 11.6 Å². The molecule has 2 rings (SSSR count). The van der Waals surface area contributed by atoms with Crippen molar-refractivity contribution in [2.75, 3.05) is 10.5 Å². The normalized spacial score (nSPS) is 11.8. The van der Waals surface area contributed by atoms with Crippen LogP contribution < -0.4 is 10.5 Å². The summed E-state index contributed by atoms with van der Waals surface area (Å²) in [7, 11) is -3.71. The molecule has 0 aliphatic heterocycles. The zero-order valence-corrected chi connectivity index (χ0v) is 12.6. The summed E-state index contributed by atoms with van der Waals surface area (Å²) in [5.74, 6) is 0. The minimum Gasteiger partial charge on any atom is -0.397 e. The number of halogens is 1. The molecule has 0 bridgehead atoms.